The molecule has 0 heterocycles. The van der Waals surface area contributed by atoms with E-state index in [-0.39, 0.29) is 12.8 Å². The highest BCUT2D eigenvalue weighted by Crippen LogP contribution is 2.46. The Morgan fingerprint density at radius 1 is 1.44 bits per heavy atom. The molecule has 0 spiro atoms. The minimum Gasteiger partial charge on any atom is -0.222 e. The number of nitrogens with zero attached hydrogens (tertiary/aromatic N) is 1. The van der Waals surface area contributed by atoms with E-state index in [0.29, 0.717) is 4.47 Å². The van der Waals surface area contributed by atoms with Crippen LogP contribution in [-0.2, 0) is 9.84 Å². The molecule has 0 atom stereocenters. The number of nitriles is 1. The van der Waals surface area contributed by atoms with E-state index in [1.165, 1.54) is 12.1 Å². The molecule has 0 aliphatic heterocycles. The normalized spacial score (nSPS) is 17.8. The van der Waals surface area contributed by atoms with E-state index in [1.807, 2.05) is 0 Å². The first-order chi connectivity index (χ1) is 7.43. The summed E-state index contributed by atoms with van der Waals surface area (Å²) >= 11 is 3.08. The molecule has 0 aromatic heterocycles. The van der Waals surface area contributed by atoms with Crippen molar-refractivity contribution in [3.05, 3.63) is 28.5 Å². The summed E-state index contributed by atoms with van der Waals surface area (Å²) in [6.07, 6.45) is 0.551. The lowest BCUT2D eigenvalue weighted by Gasteiger charge is -2.09. The molecule has 3 nitrogen and oxygen atoms in total. The molecule has 0 unspecified atom stereocenters. The summed E-state index contributed by atoms with van der Waals surface area (Å²) in [5.41, 5.74) is 0. The summed E-state index contributed by atoms with van der Waals surface area (Å²) in [5, 5.41) is 8.85. The number of hydrogen-bond donors (Lipinski definition) is 0. The Bertz CT molecular complexity index is 587. The molecule has 6 heteroatoms. The molecular weight excluding hydrogens is 297 g/mol. The van der Waals surface area contributed by atoms with E-state index in [1.54, 1.807) is 6.07 Å². The third kappa shape index (κ3) is 1.55. The highest BCUT2D eigenvalue weighted by molar-refractivity contribution is 9.10. The molecule has 1 aromatic rings. The Morgan fingerprint density at radius 2 is 2.06 bits per heavy atom. The number of halogens is 2. The van der Waals surface area contributed by atoms with Gasteiger partial charge in [-0.2, -0.15) is 5.26 Å². The van der Waals surface area contributed by atoms with Gasteiger partial charge in [-0.25, -0.2) is 12.8 Å². The van der Waals surface area contributed by atoms with Crippen molar-refractivity contribution in [2.45, 2.75) is 22.5 Å². The Balaban J connectivity index is 2.62. The quantitative estimate of drug-likeness (QED) is 0.843. The Labute approximate surface area is 101 Å². The molecule has 0 amide bonds. The van der Waals surface area contributed by atoms with Gasteiger partial charge in [0.15, 0.2) is 14.6 Å². The molecule has 0 N–H and O–H groups in total. The third-order valence-corrected chi connectivity index (χ3v) is 5.52. The lowest BCUT2D eigenvalue weighted by atomic mass is 10.3. The Hall–Kier alpha value is -0.930. The van der Waals surface area contributed by atoms with Crippen molar-refractivity contribution in [2.75, 3.05) is 0 Å². The summed E-state index contributed by atoms with van der Waals surface area (Å²) < 4.78 is 36.6. The number of benzene rings is 1. The number of rotatable bonds is 2. The van der Waals surface area contributed by atoms with Gasteiger partial charge in [0.1, 0.15) is 10.7 Å². The molecule has 0 saturated heterocycles. The van der Waals surface area contributed by atoms with Crippen LogP contribution in [0.4, 0.5) is 4.39 Å². The van der Waals surface area contributed by atoms with Crippen molar-refractivity contribution < 1.29 is 12.8 Å². The molecule has 0 bridgehead atoms. The van der Waals surface area contributed by atoms with Gasteiger partial charge in [0.05, 0.1) is 6.07 Å². The van der Waals surface area contributed by atoms with Crippen LogP contribution in [0, 0.1) is 17.1 Å². The van der Waals surface area contributed by atoms with Crippen LogP contribution in [0.15, 0.2) is 27.6 Å². The zero-order valence-electron chi connectivity index (χ0n) is 8.07. The zero-order valence-corrected chi connectivity index (χ0v) is 10.5. The first-order valence-corrected chi connectivity index (χ1v) is 6.81. The standard InChI is InChI=1S/C10H7BrFNO2S/c11-7-1-2-8(12)9(5-7)16(14,15)10(6-13)3-4-10/h1-2,5H,3-4H2. The van der Waals surface area contributed by atoms with Gasteiger partial charge in [-0.05, 0) is 31.0 Å². The molecule has 16 heavy (non-hydrogen) atoms. The van der Waals surface area contributed by atoms with Crippen LogP contribution < -0.4 is 0 Å². The zero-order chi connectivity index (χ0) is 12.0. The second-order valence-corrected chi connectivity index (χ2v) is 6.83. The fourth-order valence-electron chi connectivity index (χ4n) is 1.45. The summed E-state index contributed by atoms with van der Waals surface area (Å²) in [6, 6.07) is 5.46. The van der Waals surface area contributed by atoms with Crippen molar-refractivity contribution >= 4 is 25.8 Å². The maximum Gasteiger partial charge on any atom is 0.200 e. The second-order valence-electron chi connectivity index (χ2n) is 3.68. The monoisotopic (exact) mass is 303 g/mol. The fraction of sp³-hybridized carbons (Fsp3) is 0.300. The topological polar surface area (TPSA) is 57.9 Å². The van der Waals surface area contributed by atoms with Gasteiger partial charge in [0.25, 0.3) is 0 Å². The molecule has 1 aliphatic carbocycles. The average molecular weight is 304 g/mol. The van der Waals surface area contributed by atoms with E-state index < -0.39 is 25.3 Å². The first kappa shape index (κ1) is 11.6. The lowest BCUT2D eigenvalue weighted by molar-refractivity contribution is 0.561. The second kappa shape index (κ2) is 3.54. The van der Waals surface area contributed by atoms with Crippen molar-refractivity contribution in [1.29, 1.82) is 5.26 Å². The Kier molecular flexibility index (Phi) is 2.55. The van der Waals surface area contributed by atoms with Gasteiger partial charge in [0.2, 0.25) is 0 Å². The summed E-state index contributed by atoms with van der Waals surface area (Å²) in [7, 11) is -3.90. The van der Waals surface area contributed by atoms with Crippen LogP contribution in [-0.4, -0.2) is 13.2 Å². The SMILES string of the molecule is N#CC1(S(=O)(=O)c2cc(Br)ccc2F)CC1. The van der Waals surface area contributed by atoms with Gasteiger partial charge in [-0.1, -0.05) is 15.9 Å². The van der Waals surface area contributed by atoms with E-state index >= 15 is 0 Å². The van der Waals surface area contributed by atoms with E-state index in [4.69, 9.17) is 5.26 Å². The van der Waals surface area contributed by atoms with E-state index in [2.05, 4.69) is 15.9 Å². The Morgan fingerprint density at radius 3 is 2.56 bits per heavy atom. The molecule has 1 aromatic carbocycles. The van der Waals surface area contributed by atoms with Crippen LogP contribution in [0.3, 0.4) is 0 Å². The van der Waals surface area contributed by atoms with E-state index in [9.17, 15) is 12.8 Å². The van der Waals surface area contributed by atoms with Crippen LogP contribution in [0.1, 0.15) is 12.8 Å². The van der Waals surface area contributed by atoms with Crippen molar-refractivity contribution in [3.63, 3.8) is 0 Å². The fourth-order valence-corrected chi connectivity index (χ4v) is 3.75. The molecule has 1 saturated carbocycles. The first-order valence-electron chi connectivity index (χ1n) is 4.54. The van der Waals surface area contributed by atoms with Crippen LogP contribution in [0.25, 0.3) is 0 Å². The molecule has 0 radical (unpaired) electrons. The highest BCUT2D eigenvalue weighted by atomic mass is 79.9. The van der Waals surface area contributed by atoms with Crippen LogP contribution in [0.5, 0.6) is 0 Å². The molecule has 1 fully saturated rings. The number of sulfone groups is 1. The van der Waals surface area contributed by atoms with Gasteiger partial charge in [0, 0.05) is 4.47 Å². The van der Waals surface area contributed by atoms with Crippen molar-refractivity contribution in [3.8, 4) is 6.07 Å². The minimum absolute atomic E-state index is 0.276. The average Bonchev–Trinajstić information content (AvgIpc) is 3.02. The van der Waals surface area contributed by atoms with Gasteiger partial charge in [-0.15, -0.1) is 0 Å². The summed E-state index contributed by atoms with van der Waals surface area (Å²) in [6.45, 7) is 0. The smallest absolute Gasteiger partial charge is 0.200 e. The van der Waals surface area contributed by atoms with Crippen LogP contribution >= 0.6 is 15.9 Å². The number of hydrogen-bond acceptors (Lipinski definition) is 3. The lowest BCUT2D eigenvalue weighted by Crippen LogP contribution is -2.22. The van der Waals surface area contributed by atoms with Crippen LogP contribution in [0.2, 0.25) is 0 Å². The maximum atomic E-state index is 13.5. The minimum atomic E-state index is -3.90. The largest absolute Gasteiger partial charge is 0.222 e. The maximum absolute atomic E-state index is 13.5. The molecule has 2 rings (SSSR count). The van der Waals surface area contributed by atoms with Gasteiger partial charge < -0.3 is 0 Å². The molecule has 84 valence electrons. The van der Waals surface area contributed by atoms with Crippen molar-refractivity contribution in [2.24, 2.45) is 0 Å². The highest BCUT2D eigenvalue weighted by Gasteiger charge is 2.56. The predicted molar refractivity (Wildman–Crippen MR) is 58.9 cm³/mol. The van der Waals surface area contributed by atoms with Gasteiger partial charge in [-0.3, -0.25) is 0 Å². The summed E-state index contributed by atoms with van der Waals surface area (Å²) in [5.74, 6) is -0.815. The van der Waals surface area contributed by atoms with Gasteiger partial charge >= 0.3 is 0 Å². The molecule has 1 aliphatic rings. The predicted octanol–water partition coefficient (Wildman–Crippen LogP) is 2.42. The summed E-state index contributed by atoms with van der Waals surface area (Å²) in [4.78, 5) is -0.402. The van der Waals surface area contributed by atoms with E-state index in [0.717, 1.165) is 6.07 Å². The third-order valence-electron chi connectivity index (χ3n) is 2.61. The molecular formula is C10H7BrFNO2S. The van der Waals surface area contributed by atoms with Crippen molar-refractivity contribution in [1.82, 2.24) is 0 Å².